The Hall–Kier alpha value is -4.81. The molecule has 0 aromatic heterocycles. The molecule has 0 amide bonds. The van der Waals surface area contributed by atoms with Gasteiger partial charge in [-0.05, 0) is 51.9 Å². The molecule has 3 heteroatoms. The maximum Gasteiger partial charge on any atom is 0.187 e. The molecule has 0 spiro atoms. The molecule has 0 N–H and O–H groups in total. The van der Waals surface area contributed by atoms with Crippen LogP contribution in [0.25, 0.3) is 32.8 Å². The van der Waals surface area contributed by atoms with E-state index < -0.39 is 5.60 Å². The number of benzene rings is 5. The SMILES string of the molecule is [C-]#[N+]c1ccc2c(c1)C(C)(C)c1c3c(c4cc(OC)ccc4c1-2)OC(c1ccccc1)(c1ccccc1)C=C3. The lowest BCUT2D eigenvalue weighted by atomic mass is 9.76. The first-order valence-corrected chi connectivity index (χ1v) is 13.2. The monoisotopic (exact) mass is 505 g/mol. The summed E-state index contributed by atoms with van der Waals surface area (Å²) in [6.45, 7) is 12.1. The molecule has 0 radical (unpaired) electrons. The van der Waals surface area contributed by atoms with E-state index in [1.54, 1.807) is 7.11 Å². The van der Waals surface area contributed by atoms with E-state index in [4.69, 9.17) is 16.0 Å². The summed E-state index contributed by atoms with van der Waals surface area (Å²) in [5.41, 5.74) is 7.58. The minimum absolute atomic E-state index is 0.309. The lowest BCUT2D eigenvalue weighted by molar-refractivity contribution is 0.163. The minimum Gasteiger partial charge on any atom is -0.497 e. The molecule has 0 saturated heterocycles. The lowest BCUT2D eigenvalue weighted by Gasteiger charge is -2.38. The largest absolute Gasteiger partial charge is 0.497 e. The third-order valence-electron chi connectivity index (χ3n) is 8.36. The van der Waals surface area contributed by atoms with Gasteiger partial charge in [0.05, 0.1) is 13.7 Å². The van der Waals surface area contributed by atoms with Crippen LogP contribution in [0.2, 0.25) is 0 Å². The van der Waals surface area contributed by atoms with Gasteiger partial charge in [0, 0.05) is 27.5 Å². The zero-order valence-corrected chi connectivity index (χ0v) is 22.2. The van der Waals surface area contributed by atoms with Gasteiger partial charge in [0.15, 0.2) is 11.3 Å². The normalized spacial score (nSPS) is 15.5. The standard InChI is InChI=1S/C36H27NO2/c1-35(2)31-21-25(37-3)15-17-28(31)32-27-18-16-26(38-4)22-30(27)34-29(33(32)35)19-20-36(39-34,23-11-7-5-8-12-23)24-13-9-6-10-14-24/h5-22H,1-2,4H3. The fourth-order valence-electron chi connectivity index (χ4n) is 6.50. The van der Waals surface area contributed by atoms with E-state index in [0.29, 0.717) is 5.69 Å². The van der Waals surface area contributed by atoms with Crippen LogP contribution in [0, 0.1) is 6.57 Å². The highest BCUT2D eigenvalue weighted by molar-refractivity contribution is 6.09. The van der Waals surface area contributed by atoms with E-state index in [9.17, 15) is 0 Å². The predicted molar refractivity (Wildman–Crippen MR) is 158 cm³/mol. The van der Waals surface area contributed by atoms with Gasteiger partial charge in [-0.3, -0.25) is 0 Å². The van der Waals surface area contributed by atoms with Gasteiger partial charge in [-0.2, -0.15) is 0 Å². The minimum atomic E-state index is -0.785. The number of hydrogen-bond donors (Lipinski definition) is 0. The van der Waals surface area contributed by atoms with Crippen molar-refractivity contribution < 1.29 is 9.47 Å². The molecular formula is C36H27NO2. The molecule has 0 saturated carbocycles. The fourth-order valence-corrected chi connectivity index (χ4v) is 6.50. The molecule has 7 rings (SSSR count). The van der Waals surface area contributed by atoms with Crippen LogP contribution in [0.15, 0.2) is 103 Å². The second-order valence-electron chi connectivity index (χ2n) is 10.8. The van der Waals surface area contributed by atoms with Gasteiger partial charge >= 0.3 is 0 Å². The average molecular weight is 506 g/mol. The van der Waals surface area contributed by atoms with E-state index in [0.717, 1.165) is 39.0 Å². The van der Waals surface area contributed by atoms with E-state index in [1.165, 1.54) is 22.3 Å². The van der Waals surface area contributed by atoms with Gasteiger partial charge in [-0.15, -0.1) is 0 Å². The maximum absolute atomic E-state index is 7.61. The van der Waals surface area contributed by atoms with Crippen LogP contribution in [-0.4, -0.2) is 7.11 Å². The fraction of sp³-hybridized carbons (Fsp3) is 0.139. The molecule has 188 valence electrons. The van der Waals surface area contributed by atoms with Crippen LogP contribution >= 0.6 is 0 Å². The molecule has 5 aromatic carbocycles. The van der Waals surface area contributed by atoms with Crippen molar-refractivity contribution in [1.29, 1.82) is 0 Å². The van der Waals surface area contributed by atoms with E-state index in [2.05, 4.69) is 104 Å². The topological polar surface area (TPSA) is 22.8 Å². The van der Waals surface area contributed by atoms with Crippen molar-refractivity contribution >= 4 is 22.5 Å². The molecule has 1 aliphatic heterocycles. The summed E-state index contributed by atoms with van der Waals surface area (Å²) in [5.74, 6) is 1.64. The van der Waals surface area contributed by atoms with Crippen molar-refractivity contribution in [1.82, 2.24) is 0 Å². The number of ether oxygens (including phenoxy) is 2. The van der Waals surface area contributed by atoms with Gasteiger partial charge in [-0.25, -0.2) is 4.85 Å². The summed E-state index contributed by atoms with van der Waals surface area (Å²) in [6.07, 6.45) is 4.45. The molecule has 0 atom stereocenters. The molecule has 5 aromatic rings. The summed E-state index contributed by atoms with van der Waals surface area (Å²) < 4.78 is 13.0. The molecule has 1 aliphatic carbocycles. The first-order chi connectivity index (χ1) is 19.0. The van der Waals surface area contributed by atoms with Crippen molar-refractivity contribution in [3.8, 4) is 22.6 Å². The van der Waals surface area contributed by atoms with Crippen molar-refractivity contribution in [2.75, 3.05) is 7.11 Å². The third-order valence-corrected chi connectivity index (χ3v) is 8.36. The Balaban J connectivity index is 1.58. The molecule has 0 fully saturated rings. The summed E-state index contributed by atoms with van der Waals surface area (Å²) in [6, 6.07) is 33.2. The summed E-state index contributed by atoms with van der Waals surface area (Å²) in [4.78, 5) is 3.73. The van der Waals surface area contributed by atoms with Crippen LogP contribution in [0.5, 0.6) is 11.5 Å². The summed E-state index contributed by atoms with van der Waals surface area (Å²) in [7, 11) is 1.70. The van der Waals surface area contributed by atoms with Crippen LogP contribution in [-0.2, 0) is 11.0 Å². The second kappa shape index (κ2) is 8.35. The Morgan fingerprint density at radius 1 is 0.795 bits per heavy atom. The highest BCUT2D eigenvalue weighted by Crippen LogP contribution is 2.58. The van der Waals surface area contributed by atoms with Crippen LogP contribution in [0.4, 0.5) is 5.69 Å². The van der Waals surface area contributed by atoms with E-state index in [1.807, 2.05) is 24.3 Å². The Morgan fingerprint density at radius 3 is 2.13 bits per heavy atom. The Morgan fingerprint density at radius 2 is 1.49 bits per heavy atom. The van der Waals surface area contributed by atoms with E-state index in [-0.39, 0.29) is 5.41 Å². The van der Waals surface area contributed by atoms with Gasteiger partial charge in [0.2, 0.25) is 0 Å². The number of fused-ring (bicyclic) bond motifs is 8. The smallest absolute Gasteiger partial charge is 0.187 e. The van der Waals surface area contributed by atoms with Gasteiger partial charge < -0.3 is 9.47 Å². The maximum atomic E-state index is 7.61. The van der Waals surface area contributed by atoms with Crippen LogP contribution in [0.3, 0.4) is 0 Å². The summed E-state index contributed by atoms with van der Waals surface area (Å²) >= 11 is 0. The molecule has 2 aliphatic rings. The number of rotatable bonds is 3. The van der Waals surface area contributed by atoms with Crippen LogP contribution in [0.1, 0.15) is 41.7 Å². The number of nitrogens with zero attached hydrogens (tertiary/aromatic N) is 1. The number of hydrogen-bond acceptors (Lipinski definition) is 2. The van der Waals surface area contributed by atoms with Crippen molar-refractivity contribution in [3.63, 3.8) is 0 Å². The highest BCUT2D eigenvalue weighted by Gasteiger charge is 2.44. The Kier molecular flexibility index (Phi) is 4.99. The zero-order chi connectivity index (χ0) is 26.8. The Bertz CT molecular complexity index is 1800. The molecule has 0 unspecified atom stereocenters. The van der Waals surface area contributed by atoms with Crippen LogP contribution < -0.4 is 9.47 Å². The van der Waals surface area contributed by atoms with E-state index >= 15 is 0 Å². The van der Waals surface area contributed by atoms with Crippen molar-refractivity contribution in [2.24, 2.45) is 0 Å². The molecule has 0 bridgehead atoms. The quantitative estimate of drug-likeness (QED) is 0.228. The first-order valence-electron chi connectivity index (χ1n) is 13.2. The predicted octanol–water partition coefficient (Wildman–Crippen LogP) is 9.05. The third kappa shape index (κ3) is 3.22. The zero-order valence-electron chi connectivity index (χ0n) is 22.2. The van der Waals surface area contributed by atoms with Gasteiger partial charge in [0.1, 0.15) is 11.5 Å². The second-order valence-corrected chi connectivity index (χ2v) is 10.8. The Labute approximate surface area is 228 Å². The molecule has 39 heavy (non-hydrogen) atoms. The van der Waals surface area contributed by atoms with Gasteiger partial charge in [-0.1, -0.05) is 98.8 Å². The summed E-state index contributed by atoms with van der Waals surface area (Å²) in [5, 5.41) is 2.14. The molecular weight excluding hydrogens is 478 g/mol. The first kappa shape index (κ1) is 23.3. The highest BCUT2D eigenvalue weighted by atomic mass is 16.5. The van der Waals surface area contributed by atoms with Crippen molar-refractivity contribution in [2.45, 2.75) is 24.9 Å². The van der Waals surface area contributed by atoms with Crippen molar-refractivity contribution in [3.05, 3.63) is 142 Å². The molecule has 3 nitrogen and oxygen atoms in total. The van der Waals surface area contributed by atoms with Gasteiger partial charge in [0.25, 0.3) is 0 Å². The molecule has 1 heterocycles. The number of methoxy groups -OCH3 is 1. The lowest BCUT2D eigenvalue weighted by Crippen LogP contribution is -2.35. The average Bonchev–Trinajstić information content (AvgIpc) is 3.23.